The van der Waals surface area contributed by atoms with Crippen molar-refractivity contribution in [2.24, 2.45) is 7.05 Å². The van der Waals surface area contributed by atoms with Crippen molar-refractivity contribution in [3.8, 4) is 11.5 Å². The maximum atomic E-state index is 13.1. The molecule has 1 aromatic heterocycles. The largest absolute Gasteiger partial charge is 0.494 e. The van der Waals surface area contributed by atoms with Gasteiger partial charge in [-0.2, -0.15) is 0 Å². The van der Waals surface area contributed by atoms with Crippen LogP contribution in [0.4, 0.5) is 10.3 Å². The molecule has 1 unspecified atom stereocenters. The number of carboxylic acid groups (broad SMARTS) is 1. The second kappa shape index (κ2) is 10.9. The molecule has 4 aromatic rings. The van der Waals surface area contributed by atoms with Gasteiger partial charge in [0.25, 0.3) is 0 Å². The predicted molar refractivity (Wildman–Crippen MR) is 132 cm³/mol. The summed E-state index contributed by atoms with van der Waals surface area (Å²) in [6, 6.07) is 21.4. The van der Waals surface area contributed by atoms with Crippen molar-refractivity contribution in [3.63, 3.8) is 0 Å². The van der Waals surface area contributed by atoms with Gasteiger partial charge in [0.15, 0.2) is 6.10 Å². The van der Waals surface area contributed by atoms with Gasteiger partial charge in [-0.1, -0.05) is 24.3 Å². The molecule has 0 aliphatic rings. The van der Waals surface area contributed by atoms with Crippen molar-refractivity contribution in [3.05, 3.63) is 84.2 Å². The second-order valence-corrected chi connectivity index (χ2v) is 8.28. The summed E-state index contributed by atoms with van der Waals surface area (Å²) in [5.41, 5.74) is 2.90. The number of fused-ring (bicyclic) bond motifs is 1. The van der Waals surface area contributed by atoms with Gasteiger partial charge in [-0.15, -0.1) is 0 Å². The summed E-state index contributed by atoms with van der Waals surface area (Å²) >= 11 is 0. The Balaban J connectivity index is 1.51. The summed E-state index contributed by atoms with van der Waals surface area (Å²) in [5, 5.41) is 9.15. The minimum absolute atomic E-state index is 0.297. The minimum Gasteiger partial charge on any atom is -0.494 e. The number of imidazole rings is 1. The highest BCUT2D eigenvalue weighted by molar-refractivity contribution is 5.78. The number of aryl methyl sites for hydroxylation is 1. The molecule has 35 heavy (non-hydrogen) atoms. The number of ether oxygens (including phenoxy) is 2. The van der Waals surface area contributed by atoms with E-state index in [4.69, 9.17) is 19.6 Å². The highest BCUT2D eigenvalue weighted by Gasteiger charge is 2.17. The third kappa shape index (κ3) is 6.09. The van der Waals surface area contributed by atoms with Gasteiger partial charge in [0.2, 0.25) is 5.95 Å². The first-order valence-electron chi connectivity index (χ1n) is 11.4. The van der Waals surface area contributed by atoms with E-state index in [-0.39, 0.29) is 5.82 Å². The van der Waals surface area contributed by atoms with Gasteiger partial charge in [0.1, 0.15) is 17.3 Å². The SMILES string of the molecule is CC(Oc1cccc(CN(CCCOc2ccc(F)cc2)c2nc3ccccc3n2C)c1)C(=O)O. The molecule has 0 radical (unpaired) electrons. The number of benzene rings is 3. The van der Waals surface area contributed by atoms with Gasteiger partial charge < -0.3 is 24.0 Å². The smallest absolute Gasteiger partial charge is 0.344 e. The van der Waals surface area contributed by atoms with Crippen LogP contribution in [0.15, 0.2) is 72.8 Å². The van der Waals surface area contributed by atoms with Crippen LogP contribution in [0.1, 0.15) is 18.9 Å². The second-order valence-electron chi connectivity index (χ2n) is 8.28. The molecule has 0 saturated carbocycles. The molecular formula is C27H28FN3O4. The van der Waals surface area contributed by atoms with Gasteiger partial charge in [-0.3, -0.25) is 0 Å². The summed E-state index contributed by atoms with van der Waals surface area (Å²) in [7, 11) is 1.99. The molecule has 0 bridgehead atoms. The van der Waals surface area contributed by atoms with Crippen LogP contribution in [0.3, 0.4) is 0 Å². The quantitative estimate of drug-likeness (QED) is 0.305. The fourth-order valence-electron chi connectivity index (χ4n) is 3.83. The third-order valence-electron chi connectivity index (χ3n) is 5.63. The van der Waals surface area contributed by atoms with Crippen LogP contribution in [-0.2, 0) is 18.4 Å². The summed E-state index contributed by atoms with van der Waals surface area (Å²) < 4.78 is 26.5. The van der Waals surface area contributed by atoms with E-state index in [1.807, 2.05) is 49.5 Å². The van der Waals surface area contributed by atoms with E-state index in [0.29, 0.717) is 37.6 Å². The Labute approximate surface area is 203 Å². The monoisotopic (exact) mass is 477 g/mol. The highest BCUT2D eigenvalue weighted by Crippen LogP contribution is 2.24. The zero-order valence-electron chi connectivity index (χ0n) is 19.7. The van der Waals surface area contributed by atoms with E-state index < -0.39 is 12.1 Å². The van der Waals surface area contributed by atoms with Crippen molar-refractivity contribution in [1.82, 2.24) is 9.55 Å². The van der Waals surface area contributed by atoms with Crippen LogP contribution in [0.25, 0.3) is 11.0 Å². The molecule has 0 aliphatic carbocycles. The Morgan fingerprint density at radius 1 is 1.09 bits per heavy atom. The maximum Gasteiger partial charge on any atom is 0.344 e. The average Bonchev–Trinajstić information content (AvgIpc) is 3.19. The lowest BCUT2D eigenvalue weighted by molar-refractivity contribution is -0.144. The van der Waals surface area contributed by atoms with Gasteiger partial charge in [0.05, 0.1) is 17.6 Å². The standard InChI is InChI=1S/C27H28FN3O4/c1-19(26(32)33)35-23-8-5-7-20(17-23)18-31(15-6-16-34-22-13-11-21(28)12-14-22)27-29-24-9-3-4-10-25(24)30(27)2/h3-5,7-14,17,19H,6,15-16,18H2,1-2H3,(H,32,33). The number of rotatable bonds is 11. The molecule has 7 nitrogen and oxygen atoms in total. The first-order valence-corrected chi connectivity index (χ1v) is 11.4. The molecular weight excluding hydrogens is 449 g/mol. The molecule has 1 heterocycles. The molecule has 182 valence electrons. The van der Waals surface area contributed by atoms with E-state index in [2.05, 4.69) is 9.47 Å². The average molecular weight is 478 g/mol. The van der Waals surface area contributed by atoms with Crippen LogP contribution in [0.2, 0.25) is 0 Å². The normalized spacial score (nSPS) is 11.9. The summed E-state index contributed by atoms with van der Waals surface area (Å²) in [4.78, 5) is 18.2. The van der Waals surface area contributed by atoms with Crippen molar-refractivity contribution >= 4 is 23.0 Å². The lowest BCUT2D eigenvalue weighted by Gasteiger charge is -2.24. The highest BCUT2D eigenvalue weighted by atomic mass is 19.1. The Kier molecular flexibility index (Phi) is 7.50. The fourth-order valence-corrected chi connectivity index (χ4v) is 3.83. The van der Waals surface area contributed by atoms with Gasteiger partial charge in [-0.05, 0) is 67.4 Å². The van der Waals surface area contributed by atoms with Gasteiger partial charge >= 0.3 is 5.97 Å². The molecule has 8 heteroatoms. The van der Waals surface area contributed by atoms with Crippen LogP contribution < -0.4 is 14.4 Å². The van der Waals surface area contributed by atoms with Crippen LogP contribution >= 0.6 is 0 Å². The number of carbonyl (C=O) groups is 1. The van der Waals surface area contributed by atoms with E-state index in [1.165, 1.54) is 19.1 Å². The number of aliphatic carboxylic acids is 1. The van der Waals surface area contributed by atoms with Crippen LogP contribution in [0.5, 0.6) is 11.5 Å². The molecule has 0 amide bonds. The summed E-state index contributed by atoms with van der Waals surface area (Å²) in [6.07, 6.45) is -0.225. The number of carboxylic acids is 1. The zero-order chi connectivity index (χ0) is 24.8. The molecule has 0 fully saturated rings. The lowest BCUT2D eigenvalue weighted by atomic mass is 10.2. The number of hydrogen-bond donors (Lipinski definition) is 1. The molecule has 0 spiro atoms. The fraction of sp³-hybridized carbons (Fsp3) is 0.259. The summed E-state index contributed by atoms with van der Waals surface area (Å²) in [6.45, 7) is 3.18. The van der Waals surface area contributed by atoms with Crippen LogP contribution in [0, 0.1) is 5.82 Å². The van der Waals surface area contributed by atoms with Crippen molar-refractivity contribution < 1.29 is 23.8 Å². The number of anilines is 1. The number of para-hydroxylation sites is 2. The van der Waals surface area contributed by atoms with E-state index in [9.17, 15) is 9.18 Å². The molecule has 1 atom stereocenters. The molecule has 3 aromatic carbocycles. The Hall–Kier alpha value is -4.07. The minimum atomic E-state index is -1.02. The topological polar surface area (TPSA) is 76.8 Å². The number of nitrogens with zero attached hydrogens (tertiary/aromatic N) is 3. The molecule has 1 N–H and O–H groups in total. The Morgan fingerprint density at radius 3 is 2.60 bits per heavy atom. The molecule has 0 aliphatic heterocycles. The van der Waals surface area contributed by atoms with E-state index in [1.54, 1.807) is 18.2 Å². The number of aromatic nitrogens is 2. The first kappa shape index (κ1) is 24.1. The van der Waals surface area contributed by atoms with E-state index >= 15 is 0 Å². The number of hydrogen-bond acceptors (Lipinski definition) is 5. The van der Waals surface area contributed by atoms with Crippen molar-refractivity contribution in [2.45, 2.75) is 26.0 Å². The zero-order valence-corrected chi connectivity index (χ0v) is 19.7. The summed E-state index contributed by atoms with van der Waals surface area (Å²) in [5.74, 6) is 0.630. The first-order chi connectivity index (χ1) is 16.9. The number of halogens is 1. The van der Waals surface area contributed by atoms with Crippen molar-refractivity contribution in [1.29, 1.82) is 0 Å². The molecule has 0 saturated heterocycles. The van der Waals surface area contributed by atoms with Crippen molar-refractivity contribution in [2.75, 3.05) is 18.1 Å². The van der Waals surface area contributed by atoms with Crippen LogP contribution in [-0.4, -0.2) is 39.9 Å². The third-order valence-corrected chi connectivity index (χ3v) is 5.63. The Bertz CT molecular complexity index is 1290. The lowest BCUT2D eigenvalue weighted by Crippen LogP contribution is -2.28. The van der Waals surface area contributed by atoms with Gasteiger partial charge in [-0.25, -0.2) is 14.2 Å². The predicted octanol–water partition coefficient (Wildman–Crippen LogP) is 5.04. The molecule has 4 rings (SSSR count). The Morgan fingerprint density at radius 2 is 1.86 bits per heavy atom. The maximum absolute atomic E-state index is 13.1. The van der Waals surface area contributed by atoms with E-state index in [0.717, 1.165) is 22.5 Å². The van der Waals surface area contributed by atoms with Gasteiger partial charge in [0, 0.05) is 20.1 Å².